The predicted molar refractivity (Wildman–Crippen MR) is 64.9 cm³/mol. The van der Waals surface area contributed by atoms with Gasteiger partial charge in [-0.15, -0.1) is 6.58 Å². The predicted octanol–water partition coefficient (Wildman–Crippen LogP) is 1.62. The number of aromatic nitrogens is 1. The lowest BCUT2D eigenvalue weighted by atomic mass is 10.2. The number of hydrogen-bond donors (Lipinski definition) is 2. The first kappa shape index (κ1) is 12.5. The summed E-state index contributed by atoms with van der Waals surface area (Å²) in [5.74, 6) is 4.88. The van der Waals surface area contributed by atoms with Crippen LogP contribution in [0.25, 0.3) is 0 Å². The molecule has 1 aromatic heterocycles. The van der Waals surface area contributed by atoms with Gasteiger partial charge in [0.1, 0.15) is 5.69 Å². The lowest BCUT2D eigenvalue weighted by Gasteiger charge is -2.10. The fourth-order valence-corrected chi connectivity index (χ4v) is 1.70. The molecule has 16 heavy (non-hydrogen) atoms. The van der Waals surface area contributed by atoms with Gasteiger partial charge >= 0.3 is 0 Å². The van der Waals surface area contributed by atoms with Gasteiger partial charge < -0.3 is 4.57 Å². The second kappa shape index (κ2) is 6.12. The molecule has 1 rings (SSSR count). The first-order chi connectivity index (χ1) is 7.74. The zero-order valence-electron chi connectivity index (χ0n) is 9.70. The third kappa shape index (κ3) is 2.73. The molecule has 4 nitrogen and oxygen atoms in total. The van der Waals surface area contributed by atoms with Gasteiger partial charge in [-0.05, 0) is 25.0 Å². The minimum atomic E-state index is -0.260. The molecular formula is C12H19N3O. The Bertz CT molecular complexity index is 368. The third-order valence-corrected chi connectivity index (χ3v) is 2.53. The van der Waals surface area contributed by atoms with Crippen LogP contribution >= 0.6 is 0 Å². The van der Waals surface area contributed by atoms with Crippen LogP contribution in [0.2, 0.25) is 0 Å². The van der Waals surface area contributed by atoms with Crippen molar-refractivity contribution in [3.8, 4) is 0 Å². The van der Waals surface area contributed by atoms with Crippen LogP contribution in [0.3, 0.4) is 0 Å². The number of allylic oxidation sites excluding steroid dienone is 1. The number of nitrogens with zero attached hydrogens (tertiary/aromatic N) is 1. The average Bonchev–Trinajstić information content (AvgIpc) is 2.69. The third-order valence-electron chi connectivity index (χ3n) is 2.53. The van der Waals surface area contributed by atoms with Gasteiger partial charge in [0.2, 0.25) is 0 Å². The Kier molecular flexibility index (Phi) is 4.79. The fraction of sp³-hybridized carbons (Fsp3) is 0.417. The molecule has 0 fully saturated rings. The molecule has 3 N–H and O–H groups in total. The van der Waals surface area contributed by atoms with E-state index in [4.69, 9.17) is 5.84 Å². The minimum absolute atomic E-state index is 0.260. The van der Waals surface area contributed by atoms with E-state index >= 15 is 0 Å². The highest BCUT2D eigenvalue weighted by molar-refractivity contribution is 5.92. The van der Waals surface area contributed by atoms with Crippen molar-refractivity contribution in [1.82, 2.24) is 9.99 Å². The summed E-state index contributed by atoms with van der Waals surface area (Å²) in [7, 11) is 0. The molecule has 88 valence electrons. The van der Waals surface area contributed by atoms with Gasteiger partial charge in [0.15, 0.2) is 0 Å². The van der Waals surface area contributed by atoms with E-state index in [0.717, 1.165) is 25.0 Å². The van der Waals surface area contributed by atoms with Crippen LogP contribution in [0, 0.1) is 0 Å². The number of amides is 1. The van der Waals surface area contributed by atoms with Crippen molar-refractivity contribution in [1.29, 1.82) is 0 Å². The van der Waals surface area contributed by atoms with Gasteiger partial charge in [0.05, 0.1) is 0 Å². The quantitative estimate of drug-likeness (QED) is 0.332. The van der Waals surface area contributed by atoms with Crippen LogP contribution < -0.4 is 11.3 Å². The maximum Gasteiger partial charge on any atom is 0.281 e. The molecule has 0 aliphatic heterocycles. The molecule has 1 heterocycles. The van der Waals surface area contributed by atoms with Gasteiger partial charge in [0.25, 0.3) is 5.91 Å². The summed E-state index contributed by atoms with van der Waals surface area (Å²) in [6, 6.07) is 3.78. The monoisotopic (exact) mass is 221 g/mol. The Morgan fingerprint density at radius 1 is 1.62 bits per heavy atom. The standard InChI is InChI=1S/C12H19N3O/c1-3-5-6-10-7-8-11(12(16)14-13)15(10)9-4-2/h4,7-8H,2-3,5-6,9,13H2,1H3,(H,14,16). The Labute approximate surface area is 96.1 Å². The number of hydrogen-bond acceptors (Lipinski definition) is 2. The second-order valence-corrected chi connectivity index (χ2v) is 3.69. The molecule has 0 bridgehead atoms. The van der Waals surface area contributed by atoms with E-state index in [0.29, 0.717) is 12.2 Å². The van der Waals surface area contributed by atoms with Crippen molar-refractivity contribution in [2.24, 2.45) is 5.84 Å². The molecular weight excluding hydrogens is 202 g/mol. The molecule has 0 saturated carbocycles. The van der Waals surface area contributed by atoms with E-state index in [-0.39, 0.29) is 5.91 Å². The molecule has 0 saturated heterocycles. The zero-order chi connectivity index (χ0) is 12.0. The number of carbonyl (C=O) groups excluding carboxylic acids is 1. The summed E-state index contributed by atoms with van der Waals surface area (Å²) < 4.78 is 1.95. The van der Waals surface area contributed by atoms with Gasteiger partial charge in [-0.25, -0.2) is 5.84 Å². The summed E-state index contributed by atoms with van der Waals surface area (Å²) in [6.07, 6.45) is 5.01. The van der Waals surface area contributed by atoms with Crippen molar-refractivity contribution >= 4 is 5.91 Å². The van der Waals surface area contributed by atoms with Crippen molar-refractivity contribution in [3.63, 3.8) is 0 Å². The number of carbonyl (C=O) groups is 1. The van der Waals surface area contributed by atoms with E-state index in [9.17, 15) is 4.79 Å². The molecule has 1 amide bonds. The first-order valence-corrected chi connectivity index (χ1v) is 5.54. The number of rotatable bonds is 6. The largest absolute Gasteiger partial charge is 0.337 e. The summed E-state index contributed by atoms with van der Waals surface area (Å²) >= 11 is 0. The van der Waals surface area contributed by atoms with Crippen LogP contribution in [0.1, 0.15) is 35.9 Å². The summed E-state index contributed by atoms with van der Waals surface area (Å²) in [5, 5.41) is 0. The zero-order valence-corrected chi connectivity index (χ0v) is 9.70. The molecule has 0 atom stereocenters. The van der Waals surface area contributed by atoms with Gasteiger partial charge in [0, 0.05) is 12.2 Å². The molecule has 4 heteroatoms. The number of nitrogen functional groups attached to an aromatic ring is 1. The number of nitrogens with two attached hydrogens (primary N) is 1. The minimum Gasteiger partial charge on any atom is -0.337 e. The normalized spacial score (nSPS) is 10.1. The number of unbranched alkanes of at least 4 members (excludes halogenated alkanes) is 1. The van der Waals surface area contributed by atoms with Crippen LogP contribution in [-0.4, -0.2) is 10.5 Å². The van der Waals surface area contributed by atoms with E-state index < -0.39 is 0 Å². The van der Waals surface area contributed by atoms with Crippen LogP contribution in [0.5, 0.6) is 0 Å². The molecule has 0 aliphatic carbocycles. The molecule has 0 aromatic carbocycles. The highest BCUT2D eigenvalue weighted by Gasteiger charge is 2.12. The van der Waals surface area contributed by atoms with Crippen LogP contribution in [0.4, 0.5) is 0 Å². The lowest BCUT2D eigenvalue weighted by Crippen LogP contribution is -2.32. The summed E-state index contributed by atoms with van der Waals surface area (Å²) in [5.41, 5.74) is 3.90. The number of nitrogens with one attached hydrogen (secondary N) is 1. The topological polar surface area (TPSA) is 60.0 Å². The Morgan fingerprint density at radius 2 is 2.38 bits per heavy atom. The summed E-state index contributed by atoms with van der Waals surface area (Å²) in [4.78, 5) is 11.5. The van der Waals surface area contributed by atoms with Crippen LogP contribution in [-0.2, 0) is 13.0 Å². The number of hydrazine groups is 1. The molecule has 0 radical (unpaired) electrons. The van der Waals surface area contributed by atoms with E-state index in [1.165, 1.54) is 0 Å². The van der Waals surface area contributed by atoms with Gasteiger partial charge in [-0.1, -0.05) is 19.4 Å². The van der Waals surface area contributed by atoms with E-state index in [2.05, 4.69) is 18.9 Å². The molecule has 0 spiro atoms. The Balaban J connectivity index is 2.96. The fourth-order valence-electron chi connectivity index (χ4n) is 1.70. The highest BCUT2D eigenvalue weighted by Crippen LogP contribution is 2.12. The van der Waals surface area contributed by atoms with Gasteiger partial charge in [-0.2, -0.15) is 0 Å². The van der Waals surface area contributed by atoms with Crippen molar-refractivity contribution in [2.45, 2.75) is 32.7 Å². The molecule has 0 unspecified atom stereocenters. The Morgan fingerprint density at radius 3 is 2.94 bits per heavy atom. The summed E-state index contributed by atoms with van der Waals surface area (Å²) in [6.45, 7) is 6.48. The van der Waals surface area contributed by atoms with E-state index in [1.54, 1.807) is 12.1 Å². The Hall–Kier alpha value is -1.55. The van der Waals surface area contributed by atoms with Crippen molar-refractivity contribution < 1.29 is 4.79 Å². The maximum absolute atomic E-state index is 11.5. The highest BCUT2D eigenvalue weighted by atomic mass is 16.2. The number of aryl methyl sites for hydroxylation is 1. The molecule has 0 aliphatic rings. The second-order valence-electron chi connectivity index (χ2n) is 3.69. The first-order valence-electron chi connectivity index (χ1n) is 5.54. The smallest absolute Gasteiger partial charge is 0.281 e. The van der Waals surface area contributed by atoms with Crippen molar-refractivity contribution in [2.75, 3.05) is 0 Å². The van der Waals surface area contributed by atoms with Crippen LogP contribution in [0.15, 0.2) is 24.8 Å². The molecule has 1 aromatic rings. The lowest BCUT2D eigenvalue weighted by molar-refractivity contribution is 0.0944. The average molecular weight is 221 g/mol. The van der Waals surface area contributed by atoms with Crippen molar-refractivity contribution in [3.05, 3.63) is 36.2 Å². The van der Waals surface area contributed by atoms with E-state index in [1.807, 2.05) is 10.6 Å². The SMILES string of the molecule is C=CCn1c(CCCC)ccc1C(=O)NN. The maximum atomic E-state index is 11.5. The van der Waals surface area contributed by atoms with Gasteiger partial charge in [-0.3, -0.25) is 10.2 Å².